The summed E-state index contributed by atoms with van der Waals surface area (Å²) in [5.74, 6) is -1.73. The molecule has 0 radical (unpaired) electrons. The molecule has 0 unspecified atom stereocenters. The van der Waals surface area contributed by atoms with Crippen LogP contribution >= 0.6 is 23.2 Å². The average Bonchev–Trinajstić information content (AvgIpc) is 2.60. The van der Waals surface area contributed by atoms with E-state index in [2.05, 4.69) is 5.32 Å². The van der Waals surface area contributed by atoms with Gasteiger partial charge in [0, 0.05) is 5.02 Å². The van der Waals surface area contributed by atoms with Crippen molar-refractivity contribution >= 4 is 34.8 Å². The summed E-state index contributed by atoms with van der Waals surface area (Å²) in [6.07, 6.45) is 0. The van der Waals surface area contributed by atoms with Gasteiger partial charge in [-0.1, -0.05) is 59.6 Å². The highest BCUT2D eigenvalue weighted by Gasteiger charge is 2.17. The topological polar surface area (TPSA) is 49.3 Å². The van der Waals surface area contributed by atoms with Crippen molar-refractivity contribution in [3.63, 3.8) is 0 Å². The Hall–Kier alpha value is -2.56. The Balaban J connectivity index is 1.94. The van der Waals surface area contributed by atoms with E-state index in [1.165, 1.54) is 24.3 Å². The fourth-order valence-electron chi connectivity index (χ4n) is 2.36. The van der Waals surface area contributed by atoms with Crippen LogP contribution in [0.5, 0.6) is 5.75 Å². The second-order valence-electron chi connectivity index (χ2n) is 5.30. The average molecular weight is 376 g/mol. The van der Waals surface area contributed by atoms with Crippen molar-refractivity contribution < 1.29 is 14.3 Å². The van der Waals surface area contributed by atoms with Crippen molar-refractivity contribution in [3.05, 3.63) is 82.1 Å². The number of halogens is 3. The second-order valence-corrected chi connectivity index (χ2v) is 6.14. The molecule has 3 rings (SSSR count). The van der Waals surface area contributed by atoms with Crippen molar-refractivity contribution in [1.82, 2.24) is 0 Å². The highest BCUT2D eigenvalue weighted by Crippen LogP contribution is 2.32. The minimum absolute atomic E-state index is 0.0122. The fourth-order valence-corrected chi connectivity index (χ4v) is 2.85. The molecule has 2 N–H and O–H groups in total. The van der Waals surface area contributed by atoms with E-state index in [0.29, 0.717) is 0 Å². The molecule has 0 saturated carbocycles. The summed E-state index contributed by atoms with van der Waals surface area (Å²) in [6.45, 7) is 0. The van der Waals surface area contributed by atoms with Crippen LogP contribution < -0.4 is 5.32 Å². The minimum atomic E-state index is -0.717. The molecule has 0 aliphatic heterocycles. The van der Waals surface area contributed by atoms with Crippen molar-refractivity contribution in [2.45, 2.75) is 0 Å². The van der Waals surface area contributed by atoms with E-state index in [1.54, 1.807) is 6.07 Å². The Morgan fingerprint density at radius 1 is 0.960 bits per heavy atom. The van der Waals surface area contributed by atoms with Gasteiger partial charge in [0.15, 0.2) is 0 Å². The highest BCUT2D eigenvalue weighted by atomic mass is 35.5. The molecule has 126 valence electrons. The zero-order chi connectivity index (χ0) is 18.0. The smallest absolute Gasteiger partial charge is 0.259 e. The third-order valence-electron chi connectivity index (χ3n) is 3.59. The van der Waals surface area contributed by atoms with Crippen LogP contribution in [-0.4, -0.2) is 11.0 Å². The fraction of sp³-hybridized carbons (Fsp3) is 0. The summed E-state index contributed by atoms with van der Waals surface area (Å²) in [5, 5.41) is 12.5. The van der Waals surface area contributed by atoms with Crippen molar-refractivity contribution in [1.29, 1.82) is 0 Å². The quantitative estimate of drug-likeness (QED) is 0.611. The molecule has 25 heavy (non-hydrogen) atoms. The first kappa shape index (κ1) is 17.3. The lowest BCUT2D eigenvalue weighted by molar-refractivity contribution is 0.102. The van der Waals surface area contributed by atoms with Gasteiger partial charge in [-0.2, -0.15) is 0 Å². The summed E-state index contributed by atoms with van der Waals surface area (Å²) in [5.41, 5.74) is 1.47. The van der Waals surface area contributed by atoms with Gasteiger partial charge in [-0.3, -0.25) is 4.79 Å². The molecule has 0 atom stereocenters. The summed E-state index contributed by atoms with van der Waals surface area (Å²) in [6, 6.07) is 16.3. The number of carbonyl (C=O) groups excluding carboxylic acids is 1. The normalized spacial score (nSPS) is 10.5. The predicted octanol–water partition coefficient (Wildman–Crippen LogP) is 5.76. The number of anilines is 1. The molecular formula is C19H12Cl2FNO2. The first-order valence-corrected chi connectivity index (χ1v) is 8.05. The highest BCUT2D eigenvalue weighted by molar-refractivity contribution is 6.36. The van der Waals surface area contributed by atoms with Crippen molar-refractivity contribution in [2.75, 3.05) is 5.32 Å². The van der Waals surface area contributed by atoms with Crippen LogP contribution in [0.1, 0.15) is 10.4 Å². The molecule has 6 heteroatoms. The Bertz CT molecular complexity index is 946. The Kier molecular flexibility index (Phi) is 4.93. The summed E-state index contributed by atoms with van der Waals surface area (Å²) < 4.78 is 14.1. The zero-order valence-corrected chi connectivity index (χ0v) is 14.3. The van der Waals surface area contributed by atoms with E-state index in [9.17, 15) is 14.3 Å². The number of aromatic hydroxyl groups is 1. The Morgan fingerprint density at radius 3 is 2.40 bits per heavy atom. The molecule has 0 bridgehead atoms. The lowest BCUT2D eigenvalue weighted by Crippen LogP contribution is -2.13. The van der Waals surface area contributed by atoms with Crippen LogP contribution in [0, 0.1) is 5.82 Å². The molecule has 3 nitrogen and oxygen atoms in total. The number of carbonyl (C=O) groups is 1. The number of amides is 1. The zero-order valence-electron chi connectivity index (χ0n) is 12.8. The van der Waals surface area contributed by atoms with Crippen LogP contribution in [0.25, 0.3) is 11.1 Å². The van der Waals surface area contributed by atoms with Crippen LogP contribution in [0.2, 0.25) is 10.0 Å². The number of phenols is 1. The second kappa shape index (κ2) is 7.13. The number of rotatable bonds is 3. The monoisotopic (exact) mass is 375 g/mol. The molecular weight excluding hydrogens is 364 g/mol. The summed E-state index contributed by atoms with van der Waals surface area (Å²) in [7, 11) is 0. The minimum Gasteiger partial charge on any atom is -0.506 e. The number of nitrogens with one attached hydrogen (secondary N) is 1. The largest absolute Gasteiger partial charge is 0.506 e. The third kappa shape index (κ3) is 3.76. The van der Waals surface area contributed by atoms with Crippen molar-refractivity contribution in [2.24, 2.45) is 0 Å². The molecule has 3 aromatic rings. The molecule has 0 heterocycles. The predicted molar refractivity (Wildman–Crippen MR) is 97.9 cm³/mol. The summed E-state index contributed by atoms with van der Waals surface area (Å²) >= 11 is 11.7. The maximum Gasteiger partial charge on any atom is 0.259 e. The number of hydrogen-bond donors (Lipinski definition) is 2. The van der Waals surface area contributed by atoms with Gasteiger partial charge >= 0.3 is 0 Å². The van der Waals surface area contributed by atoms with E-state index in [-0.39, 0.29) is 21.3 Å². The molecule has 0 saturated heterocycles. The van der Waals surface area contributed by atoms with E-state index >= 15 is 0 Å². The number of benzene rings is 3. The molecule has 1 amide bonds. The third-order valence-corrected chi connectivity index (χ3v) is 4.10. The SMILES string of the molecule is O=C(Nc1cc(-c2ccccc2)ccc1F)c1cc(Cl)cc(Cl)c1O. The molecule has 0 aromatic heterocycles. The maximum atomic E-state index is 14.1. The van der Waals surface area contributed by atoms with Gasteiger partial charge in [0.2, 0.25) is 0 Å². The van der Waals surface area contributed by atoms with Gasteiger partial charge in [-0.05, 0) is 35.4 Å². The van der Waals surface area contributed by atoms with Gasteiger partial charge in [0.25, 0.3) is 5.91 Å². The molecule has 0 fully saturated rings. The number of hydrogen-bond acceptors (Lipinski definition) is 2. The first-order valence-electron chi connectivity index (χ1n) is 7.30. The van der Waals surface area contributed by atoms with Crippen LogP contribution in [0.15, 0.2) is 60.7 Å². The lowest BCUT2D eigenvalue weighted by Gasteiger charge is -2.11. The maximum absolute atomic E-state index is 14.1. The van der Waals surface area contributed by atoms with Gasteiger partial charge in [-0.15, -0.1) is 0 Å². The van der Waals surface area contributed by atoms with Gasteiger partial charge in [0.1, 0.15) is 11.6 Å². The first-order chi connectivity index (χ1) is 12.0. The van der Waals surface area contributed by atoms with Gasteiger partial charge in [0.05, 0.1) is 16.3 Å². The van der Waals surface area contributed by atoms with Gasteiger partial charge in [-0.25, -0.2) is 4.39 Å². The molecule has 0 spiro atoms. The lowest BCUT2D eigenvalue weighted by atomic mass is 10.0. The summed E-state index contributed by atoms with van der Waals surface area (Å²) in [4.78, 5) is 12.4. The van der Waals surface area contributed by atoms with Crippen molar-refractivity contribution in [3.8, 4) is 16.9 Å². The molecule has 0 aliphatic rings. The van der Waals surface area contributed by atoms with Crippen LogP contribution in [-0.2, 0) is 0 Å². The van der Waals surface area contributed by atoms with E-state index in [1.807, 2.05) is 30.3 Å². The van der Waals surface area contributed by atoms with Gasteiger partial charge < -0.3 is 10.4 Å². The molecule has 3 aromatic carbocycles. The Labute approximate surface area is 153 Å². The van der Waals surface area contributed by atoms with E-state index in [0.717, 1.165) is 11.1 Å². The van der Waals surface area contributed by atoms with E-state index < -0.39 is 17.5 Å². The standard InChI is InChI=1S/C19H12Cl2FNO2/c20-13-9-14(18(24)15(21)10-13)19(25)23-17-8-12(6-7-16(17)22)11-4-2-1-3-5-11/h1-10,24H,(H,23,25). The molecule has 0 aliphatic carbocycles. The van der Waals surface area contributed by atoms with E-state index in [4.69, 9.17) is 23.2 Å². The van der Waals surface area contributed by atoms with Crippen LogP contribution in [0.3, 0.4) is 0 Å². The number of phenolic OH excluding ortho intramolecular Hbond substituents is 1. The Morgan fingerprint density at radius 2 is 1.68 bits per heavy atom. The van der Waals surface area contributed by atoms with Crippen LogP contribution in [0.4, 0.5) is 10.1 Å².